The first-order valence-electron chi connectivity index (χ1n) is 5.11. The molecule has 1 heterocycles. The van der Waals surface area contributed by atoms with Crippen LogP contribution in [0.4, 0.5) is 24.7 Å². The molecule has 17 heavy (non-hydrogen) atoms. The minimum absolute atomic E-state index is 0.0559. The molecule has 0 spiro atoms. The fraction of sp³-hybridized carbons (Fsp3) is 0.667. The highest BCUT2D eigenvalue weighted by atomic mass is 32.2. The molecule has 3 N–H and O–H groups in total. The first-order valence-corrected chi connectivity index (χ1v) is 6.09. The molecule has 1 aromatic heterocycles. The lowest BCUT2D eigenvalue weighted by Gasteiger charge is -2.08. The van der Waals surface area contributed by atoms with Gasteiger partial charge in [0.2, 0.25) is 0 Å². The van der Waals surface area contributed by atoms with Crippen molar-refractivity contribution in [2.75, 3.05) is 23.3 Å². The third-order valence-corrected chi connectivity index (χ3v) is 2.89. The van der Waals surface area contributed by atoms with Crippen molar-refractivity contribution in [1.29, 1.82) is 0 Å². The predicted molar refractivity (Wildman–Crippen MR) is 64.0 cm³/mol. The number of hydrogen-bond donors (Lipinski definition) is 2. The van der Waals surface area contributed by atoms with E-state index in [4.69, 9.17) is 5.73 Å². The highest BCUT2D eigenvalue weighted by Crippen LogP contribution is 2.30. The quantitative estimate of drug-likeness (QED) is 0.804. The second-order valence-corrected chi connectivity index (χ2v) is 4.57. The summed E-state index contributed by atoms with van der Waals surface area (Å²) in [6.07, 6.45) is 0.693. The van der Waals surface area contributed by atoms with E-state index in [9.17, 15) is 13.2 Å². The van der Waals surface area contributed by atoms with Crippen LogP contribution < -0.4 is 11.1 Å². The van der Waals surface area contributed by atoms with Gasteiger partial charge >= 0.3 is 5.51 Å². The standard InChI is InChI=1S/C9H15F3N4S/c1-3-6-7(13)8(16(2)15-6)14-4-5-17-9(10,11)12/h14H,3-5,13H2,1-2H3. The van der Waals surface area contributed by atoms with Gasteiger partial charge in [-0.25, -0.2) is 0 Å². The van der Waals surface area contributed by atoms with Gasteiger partial charge in [0.25, 0.3) is 0 Å². The molecule has 0 radical (unpaired) electrons. The van der Waals surface area contributed by atoms with Crippen LogP contribution in [0.1, 0.15) is 12.6 Å². The van der Waals surface area contributed by atoms with E-state index in [2.05, 4.69) is 10.4 Å². The molecule has 0 unspecified atom stereocenters. The molecule has 0 saturated carbocycles. The molecule has 1 rings (SSSR count). The van der Waals surface area contributed by atoms with E-state index < -0.39 is 5.51 Å². The Bertz CT molecular complexity index is 375. The molecule has 0 aromatic carbocycles. The Balaban J connectivity index is 2.50. The topological polar surface area (TPSA) is 55.9 Å². The maximum atomic E-state index is 11.9. The molecule has 4 nitrogen and oxygen atoms in total. The molecule has 98 valence electrons. The van der Waals surface area contributed by atoms with Crippen LogP contribution in [-0.4, -0.2) is 27.6 Å². The predicted octanol–water partition coefficient (Wildman–Crippen LogP) is 2.23. The molecule has 0 aliphatic carbocycles. The van der Waals surface area contributed by atoms with Crippen LogP contribution in [0.2, 0.25) is 0 Å². The maximum Gasteiger partial charge on any atom is 0.441 e. The van der Waals surface area contributed by atoms with Crippen LogP contribution in [-0.2, 0) is 13.5 Å². The summed E-state index contributed by atoms with van der Waals surface area (Å²) in [5.74, 6) is 0.514. The van der Waals surface area contributed by atoms with Crippen molar-refractivity contribution in [2.45, 2.75) is 18.9 Å². The Kier molecular flexibility index (Phi) is 4.55. The smallest absolute Gasteiger partial charge is 0.394 e. The van der Waals surface area contributed by atoms with Crippen LogP contribution in [0, 0.1) is 0 Å². The Morgan fingerprint density at radius 3 is 2.59 bits per heavy atom. The summed E-state index contributed by atoms with van der Waals surface area (Å²) in [5.41, 5.74) is 2.88. The van der Waals surface area contributed by atoms with Gasteiger partial charge in [0.15, 0.2) is 0 Å². The molecule has 0 fully saturated rings. The third-order valence-electron chi connectivity index (χ3n) is 2.16. The molecular formula is C9H15F3N4S. The number of aromatic nitrogens is 2. The zero-order chi connectivity index (χ0) is 13.1. The Hall–Kier alpha value is -1.05. The van der Waals surface area contributed by atoms with Gasteiger partial charge in [0.05, 0.1) is 11.4 Å². The molecule has 0 aliphatic rings. The Morgan fingerprint density at radius 1 is 1.47 bits per heavy atom. The molecule has 1 aromatic rings. The number of halogens is 3. The van der Waals surface area contributed by atoms with Gasteiger partial charge in [-0.2, -0.15) is 18.3 Å². The van der Waals surface area contributed by atoms with E-state index in [0.717, 1.165) is 5.69 Å². The lowest BCUT2D eigenvalue weighted by atomic mass is 10.3. The number of rotatable bonds is 5. The van der Waals surface area contributed by atoms with Crippen LogP contribution in [0.15, 0.2) is 0 Å². The van der Waals surface area contributed by atoms with Crippen molar-refractivity contribution in [2.24, 2.45) is 7.05 Å². The normalized spacial score (nSPS) is 11.8. The minimum atomic E-state index is -4.19. The third kappa shape index (κ3) is 4.03. The van der Waals surface area contributed by atoms with Crippen LogP contribution in [0.5, 0.6) is 0 Å². The van der Waals surface area contributed by atoms with Gasteiger partial charge in [0, 0.05) is 19.3 Å². The van der Waals surface area contributed by atoms with Crippen molar-refractivity contribution >= 4 is 23.3 Å². The van der Waals surface area contributed by atoms with E-state index >= 15 is 0 Å². The van der Waals surface area contributed by atoms with Crippen molar-refractivity contribution in [1.82, 2.24) is 9.78 Å². The average molecular weight is 268 g/mol. The first kappa shape index (κ1) is 14.0. The fourth-order valence-corrected chi connectivity index (χ4v) is 1.84. The zero-order valence-corrected chi connectivity index (χ0v) is 10.5. The van der Waals surface area contributed by atoms with Gasteiger partial charge in [-0.1, -0.05) is 6.92 Å². The van der Waals surface area contributed by atoms with E-state index in [0.29, 0.717) is 17.9 Å². The number of nitrogens with two attached hydrogens (primary N) is 1. The van der Waals surface area contributed by atoms with Crippen molar-refractivity contribution in [3.8, 4) is 0 Å². The number of nitrogen functional groups attached to an aromatic ring is 1. The molecule has 0 atom stereocenters. The van der Waals surface area contributed by atoms with Gasteiger partial charge in [-0.05, 0) is 18.2 Å². The van der Waals surface area contributed by atoms with E-state index in [-0.39, 0.29) is 24.1 Å². The molecule has 0 amide bonds. The van der Waals surface area contributed by atoms with Gasteiger partial charge in [-0.3, -0.25) is 4.68 Å². The fourth-order valence-electron chi connectivity index (χ4n) is 1.40. The largest absolute Gasteiger partial charge is 0.441 e. The van der Waals surface area contributed by atoms with Crippen LogP contribution in [0.25, 0.3) is 0 Å². The van der Waals surface area contributed by atoms with Gasteiger partial charge in [0.1, 0.15) is 5.82 Å². The van der Waals surface area contributed by atoms with Crippen LogP contribution in [0.3, 0.4) is 0 Å². The number of hydrogen-bond acceptors (Lipinski definition) is 4. The lowest BCUT2D eigenvalue weighted by Crippen LogP contribution is -2.12. The summed E-state index contributed by atoms with van der Waals surface area (Å²) in [6, 6.07) is 0. The Labute approximate surface area is 102 Å². The number of nitrogens with one attached hydrogen (secondary N) is 1. The maximum absolute atomic E-state index is 11.9. The molecule has 0 saturated heterocycles. The first-order chi connectivity index (χ1) is 7.85. The highest BCUT2D eigenvalue weighted by Gasteiger charge is 2.27. The minimum Gasteiger partial charge on any atom is -0.394 e. The van der Waals surface area contributed by atoms with E-state index in [1.807, 2.05) is 6.92 Å². The monoisotopic (exact) mass is 268 g/mol. The second kappa shape index (κ2) is 5.52. The molecular weight excluding hydrogens is 253 g/mol. The van der Waals surface area contributed by atoms with E-state index in [1.165, 1.54) is 0 Å². The average Bonchev–Trinajstić information content (AvgIpc) is 2.48. The Morgan fingerprint density at radius 2 is 2.12 bits per heavy atom. The SMILES string of the molecule is CCc1nn(C)c(NCCSC(F)(F)F)c1N. The zero-order valence-electron chi connectivity index (χ0n) is 9.64. The number of aryl methyl sites for hydroxylation is 2. The highest BCUT2D eigenvalue weighted by molar-refractivity contribution is 8.00. The second-order valence-electron chi connectivity index (χ2n) is 3.41. The van der Waals surface area contributed by atoms with Gasteiger partial charge < -0.3 is 11.1 Å². The van der Waals surface area contributed by atoms with Crippen molar-refractivity contribution in [3.05, 3.63) is 5.69 Å². The number of alkyl halides is 3. The summed E-state index contributed by atoms with van der Waals surface area (Å²) in [4.78, 5) is 0. The number of thioether (sulfide) groups is 1. The summed E-state index contributed by atoms with van der Waals surface area (Å²) in [6.45, 7) is 2.11. The summed E-state index contributed by atoms with van der Waals surface area (Å²) in [7, 11) is 1.70. The lowest BCUT2D eigenvalue weighted by molar-refractivity contribution is -0.0327. The van der Waals surface area contributed by atoms with Gasteiger partial charge in [-0.15, -0.1) is 0 Å². The number of anilines is 2. The number of nitrogens with zero attached hydrogens (tertiary/aromatic N) is 2. The van der Waals surface area contributed by atoms with E-state index in [1.54, 1.807) is 11.7 Å². The van der Waals surface area contributed by atoms with Crippen LogP contribution >= 0.6 is 11.8 Å². The summed E-state index contributed by atoms with van der Waals surface area (Å²) < 4.78 is 37.2. The molecule has 0 bridgehead atoms. The molecule has 8 heteroatoms. The van der Waals surface area contributed by atoms with Crippen molar-refractivity contribution in [3.63, 3.8) is 0 Å². The summed E-state index contributed by atoms with van der Waals surface area (Å²) >= 11 is -0.0559. The van der Waals surface area contributed by atoms with Crippen molar-refractivity contribution < 1.29 is 13.2 Å². The molecule has 0 aliphatic heterocycles. The summed E-state index contributed by atoms with van der Waals surface area (Å²) in [5, 5.41) is 7.02.